The van der Waals surface area contributed by atoms with Gasteiger partial charge in [-0.25, -0.2) is 0 Å². The van der Waals surface area contributed by atoms with Gasteiger partial charge in [0, 0.05) is 22.8 Å². The Morgan fingerprint density at radius 3 is 2.84 bits per heavy atom. The predicted molar refractivity (Wildman–Crippen MR) is 75.0 cm³/mol. The van der Waals surface area contributed by atoms with Gasteiger partial charge in [0.2, 0.25) is 0 Å². The zero-order valence-electron chi connectivity index (χ0n) is 10.7. The van der Waals surface area contributed by atoms with Gasteiger partial charge in [-0.05, 0) is 25.1 Å². The second kappa shape index (κ2) is 5.06. The molecule has 0 saturated carbocycles. The summed E-state index contributed by atoms with van der Waals surface area (Å²) in [4.78, 5) is 8.62. The van der Waals surface area contributed by atoms with E-state index >= 15 is 0 Å². The average Bonchev–Trinajstić information content (AvgIpc) is 2.46. The third-order valence-corrected chi connectivity index (χ3v) is 3.08. The van der Waals surface area contributed by atoms with Crippen LogP contribution in [0.15, 0.2) is 54.9 Å². The van der Waals surface area contributed by atoms with E-state index in [2.05, 4.69) is 9.97 Å². The lowest BCUT2D eigenvalue weighted by atomic mass is 10.2. The van der Waals surface area contributed by atoms with Crippen LogP contribution in [-0.2, 0) is 6.61 Å². The number of ether oxygens (including phenoxy) is 1. The van der Waals surface area contributed by atoms with Crippen molar-refractivity contribution in [3.63, 3.8) is 0 Å². The van der Waals surface area contributed by atoms with Crippen molar-refractivity contribution in [1.82, 2.24) is 9.97 Å². The number of hydrogen-bond donors (Lipinski definition) is 0. The molecule has 0 aliphatic rings. The summed E-state index contributed by atoms with van der Waals surface area (Å²) < 4.78 is 5.78. The fourth-order valence-electron chi connectivity index (χ4n) is 1.96. The maximum Gasteiger partial charge on any atom is 0.138 e. The molecule has 3 aromatic rings. The first-order valence-corrected chi connectivity index (χ1v) is 6.21. The summed E-state index contributed by atoms with van der Waals surface area (Å²) in [6.45, 7) is 2.50. The Balaban J connectivity index is 1.80. The fourth-order valence-corrected chi connectivity index (χ4v) is 1.96. The number of para-hydroxylation sites is 1. The SMILES string of the molecule is Cc1ncccc1COc1cnc2ccccc2c1. The quantitative estimate of drug-likeness (QED) is 0.713. The van der Waals surface area contributed by atoms with E-state index in [0.29, 0.717) is 6.61 Å². The largest absolute Gasteiger partial charge is 0.487 e. The van der Waals surface area contributed by atoms with E-state index in [1.807, 2.05) is 49.4 Å². The van der Waals surface area contributed by atoms with Crippen LogP contribution >= 0.6 is 0 Å². The molecule has 0 atom stereocenters. The number of pyridine rings is 2. The number of fused-ring (bicyclic) bond motifs is 1. The lowest BCUT2D eigenvalue weighted by molar-refractivity contribution is 0.304. The average molecular weight is 250 g/mol. The first-order chi connectivity index (χ1) is 9.33. The Morgan fingerprint density at radius 2 is 1.95 bits per heavy atom. The standard InChI is InChI=1S/C16H14N2O/c1-12-14(6-4-8-17-12)11-19-15-9-13-5-2-3-7-16(13)18-10-15/h2-10H,11H2,1H3. The first kappa shape index (κ1) is 11.7. The summed E-state index contributed by atoms with van der Waals surface area (Å²) in [5.41, 5.74) is 3.07. The topological polar surface area (TPSA) is 35.0 Å². The predicted octanol–water partition coefficient (Wildman–Crippen LogP) is 3.52. The highest BCUT2D eigenvalue weighted by molar-refractivity contribution is 5.79. The molecular formula is C16H14N2O. The van der Waals surface area contributed by atoms with E-state index in [1.165, 1.54) is 0 Å². The van der Waals surface area contributed by atoms with Gasteiger partial charge in [0.25, 0.3) is 0 Å². The molecule has 1 aromatic carbocycles. The summed E-state index contributed by atoms with van der Waals surface area (Å²) in [6, 6.07) is 14.0. The van der Waals surface area contributed by atoms with Gasteiger partial charge in [-0.15, -0.1) is 0 Å². The molecule has 0 bridgehead atoms. The second-order valence-electron chi connectivity index (χ2n) is 4.40. The molecule has 3 heteroatoms. The molecule has 0 saturated heterocycles. The number of hydrogen-bond acceptors (Lipinski definition) is 3. The van der Waals surface area contributed by atoms with E-state index in [4.69, 9.17) is 4.74 Å². The van der Waals surface area contributed by atoms with Crippen LogP contribution in [0, 0.1) is 6.92 Å². The summed E-state index contributed by atoms with van der Waals surface area (Å²) >= 11 is 0. The van der Waals surface area contributed by atoms with Gasteiger partial charge in [0.1, 0.15) is 12.4 Å². The lowest BCUT2D eigenvalue weighted by Gasteiger charge is -2.08. The van der Waals surface area contributed by atoms with E-state index in [1.54, 1.807) is 12.4 Å². The van der Waals surface area contributed by atoms with Crippen molar-refractivity contribution in [3.8, 4) is 5.75 Å². The lowest BCUT2D eigenvalue weighted by Crippen LogP contribution is -1.99. The summed E-state index contributed by atoms with van der Waals surface area (Å²) in [5, 5.41) is 1.09. The smallest absolute Gasteiger partial charge is 0.138 e. The van der Waals surface area contributed by atoms with Crippen molar-refractivity contribution in [2.24, 2.45) is 0 Å². The molecule has 2 aromatic heterocycles. The van der Waals surface area contributed by atoms with Crippen LogP contribution in [0.4, 0.5) is 0 Å². The van der Waals surface area contributed by atoms with Crippen LogP contribution in [0.5, 0.6) is 5.75 Å². The molecule has 94 valence electrons. The molecular weight excluding hydrogens is 236 g/mol. The van der Waals surface area contributed by atoms with Gasteiger partial charge in [-0.3, -0.25) is 9.97 Å². The fraction of sp³-hybridized carbons (Fsp3) is 0.125. The van der Waals surface area contributed by atoms with Crippen molar-refractivity contribution in [2.45, 2.75) is 13.5 Å². The zero-order chi connectivity index (χ0) is 13.1. The molecule has 0 aliphatic carbocycles. The minimum absolute atomic E-state index is 0.514. The van der Waals surface area contributed by atoms with Gasteiger partial charge in [0.05, 0.1) is 11.7 Å². The Hall–Kier alpha value is -2.42. The molecule has 0 fully saturated rings. The molecule has 3 rings (SSSR count). The molecule has 0 amide bonds. The van der Waals surface area contributed by atoms with E-state index in [-0.39, 0.29) is 0 Å². The number of aryl methyl sites for hydroxylation is 1. The third-order valence-electron chi connectivity index (χ3n) is 3.08. The number of rotatable bonds is 3. The molecule has 0 radical (unpaired) electrons. The van der Waals surface area contributed by atoms with Crippen molar-refractivity contribution in [3.05, 3.63) is 66.1 Å². The highest BCUT2D eigenvalue weighted by Gasteiger charge is 2.01. The van der Waals surface area contributed by atoms with Crippen molar-refractivity contribution >= 4 is 10.9 Å². The molecule has 0 N–H and O–H groups in total. The number of aromatic nitrogens is 2. The van der Waals surface area contributed by atoms with Gasteiger partial charge in [-0.1, -0.05) is 24.3 Å². The minimum Gasteiger partial charge on any atom is -0.487 e. The van der Waals surface area contributed by atoms with Gasteiger partial charge in [0.15, 0.2) is 0 Å². The normalized spacial score (nSPS) is 10.6. The highest BCUT2D eigenvalue weighted by Crippen LogP contribution is 2.19. The van der Waals surface area contributed by atoms with Crippen LogP contribution in [0.1, 0.15) is 11.3 Å². The molecule has 19 heavy (non-hydrogen) atoms. The molecule has 3 nitrogen and oxygen atoms in total. The van der Waals surface area contributed by atoms with Crippen molar-refractivity contribution in [2.75, 3.05) is 0 Å². The number of nitrogens with zero attached hydrogens (tertiary/aromatic N) is 2. The third kappa shape index (κ3) is 2.55. The maximum atomic E-state index is 5.78. The van der Waals surface area contributed by atoms with Crippen LogP contribution < -0.4 is 4.74 Å². The van der Waals surface area contributed by atoms with Gasteiger partial charge < -0.3 is 4.74 Å². The summed E-state index contributed by atoms with van der Waals surface area (Å²) in [7, 11) is 0. The van der Waals surface area contributed by atoms with Gasteiger partial charge >= 0.3 is 0 Å². The molecule has 0 unspecified atom stereocenters. The van der Waals surface area contributed by atoms with Gasteiger partial charge in [-0.2, -0.15) is 0 Å². The second-order valence-corrected chi connectivity index (χ2v) is 4.40. The first-order valence-electron chi connectivity index (χ1n) is 6.21. The molecule has 0 aliphatic heterocycles. The van der Waals surface area contributed by atoms with Crippen LogP contribution in [0.2, 0.25) is 0 Å². The maximum absolute atomic E-state index is 5.78. The zero-order valence-corrected chi connectivity index (χ0v) is 10.7. The Kier molecular flexibility index (Phi) is 3.11. The highest BCUT2D eigenvalue weighted by atomic mass is 16.5. The monoisotopic (exact) mass is 250 g/mol. The Morgan fingerprint density at radius 1 is 1.05 bits per heavy atom. The van der Waals surface area contributed by atoms with Crippen molar-refractivity contribution in [1.29, 1.82) is 0 Å². The van der Waals surface area contributed by atoms with Crippen LogP contribution in [0.25, 0.3) is 10.9 Å². The van der Waals surface area contributed by atoms with Crippen LogP contribution in [0.3, 0.4) is 0 Å². The summed E-state index contributed by atoms with van der Waals surface area (Å²) in [5.74, 6) is 0.780. The van der Waals surface area contributed by atoms with E-state index in [9.17, 15) is 0 Å². The van der Waals surface area contributed by atoms with Crippen LogP contribution in [-0.4, -0.2) is 9.97 Å². The van der Waals surface area contributed by atoms with E-state index < -0.39 is 0 Å². The van der Waals surface area contributed by atoms with E-state index in [0.717, 1.165) is 27.9 Å². The Labute approximate surface area is 111 Å². The summed E-state index contributed by atoms with van der Waals surface area (Å²) in [6.07, 6.45) is 3.55. The Bertz CT molecular complexity index is 710. The van der Waals surface area contributed by atoms with Crippen molar-refractivity contribution < 1.29 is 4.74 Å². The molecule has 0 spiro atoms. The minimum atomic E-state index is 0.514. The number of benzene rings is 1. The molecule has 2 heterocycles.